The van der Waals surface area contributed by atoms with Crippen molar-refractivity contribution in [3.63, 3.8) is 0 Å². The molecule has 4 fully saturated rings. The topological polar surface area (TPSA) is 103 Å². The molecular formula is C18H20ClN3O6S2. The molecule has 0 unspecified atom stereocenters. The number of nitrogens with zero attached hydrogens (tertiary/aromatic N) is 3. The number of piperazine rings is 1. The van der Waals surface area contributed by atoms with Crippen LogP contribution in [0.2, 0.25) is 5.02 Å². The van der Waals surface area contributed by atoms with Crippen LogP contribution >= 0.6 is 33.2 Å². The molecule has 0 saturated carbocycles. The first-order valence-electron chi connectivity index (χ1n) is 9.10. The van der Waals surface area contributed by atoms with E-state index in [1.807, 2.05) is 0 Å². The predicted octanol–water partition coefficient (Wildman–Crippen LogP) is 0.803. The van der Waals surface area contributed by atoms with E-state index in [9.17, 15) is 19.8 Å². The Hall–Kier alpha value is -1.53. The van der Waals surface area contributed by atoms with Crippen LogP contribution in [0, 0.1) is 0 Å². The largest absolute Gasteiger partial charge is 0.491 e. The van der Waals surface area contributed by atoms with Crippen molar-refractivity contribution in [3.8, 4) is 11.5 Å². The number of ether oxygens (including phenoxy) is 2. The van der Waals surface area contributed by atoms with Crippen LogP contribution in [0.4, 0.5) is 5.69 Å². The van der Waals surface area contributed by atoms with Gasteiger partial charge in [-0.2, -0.15) is 0 Å². The fourth-order valence-electron chi connectivity index (χ4n) is 5.10. The van der Waals surface area contributed by atoms with Crippen molar-refractivity contribution in [1.29, 1.82) is 0 Å². The number of benzene rings is 1. The zero-order chi connectivity index (χ0) is 22.0. The third-order valence-corrected chi connectivity index (χ3v) is 10.7. The quantitative estimate of drug-likeness (QED) is 0.604. The zero-order valence-electron chi connectivity index (χ0n) is 16.8. The van der Waals surface area contributed by atoms with Crippen molar-refractivity contribution in [2.45, 2.75) is 34.5 Å². The maximum atomic E-state index is 13.6. The van der Waals surface area contributed by atoms with Crippen LogP contribution in [0.15, 0.2) is 6.07 Å². The zero-order valence-corrected chi connectivity index (χ0v) is 19.2. The molecule has 2 bridgehead atoms. The molecule has 1 spiro atoms. The molecule has 2 amide bonds. The molecule has 9 nitrogen and oxygen atoms in total. The summed E-state index contributed by atoms with van der Waals surface area (Å²) in [6.07, 6.45) is -2.63. The third-order valence-electron chi connectivity index (χ3n) is 6.70. The van der Waals surface area contributed by atoms with Crippen LogP contribution in [-0.2, 0) is 15.2 Å². The molecule has 0 aliphatic carbocycles. The standard InChI is InChI=1S/C18H20ClN3O6S2/c1-16-14(24)22-13-17(26,12(23)18(22,30-29-16)15(25)21(16)3)7-6-8(19)10(27-4)11(28-5)9(7)20(13)2/h6,12-13,23,26H,1-5H3/t12-,13-,16+,17-,18+/m0/s1. The summed E-state index contributed by atoms with van der Waals surface area (Å²) in [5.74, 6) is -0.232. The number of rotatable bonds is 2. The fourth-order valence-corrected chi connectivity index (χ4v) is 8.91. The molecule has 2 N–H and O–H groups in total. The van der Waals surface area contributed by atoms with Gasteiger partial charge in [0.15, 0.2) is 22.0 Å². The average Bonchev–Trinajstić information content (AvgIpc) is 3.06. The predicted molar refractivity (Wildman–Crippen MR) is 113 cm³/mol. The van der Waals surface area contributed by atoms with E-state index in [-0.39, 0.29) is 28.0 Å². The Bertz CT molecular complexity index is 1030. The van der Waals surface area contributed by atoms with Gasteiger partial charge in [-0.05, 0) is 23.8 Å². The fraction of sp³-hybridized carbons (Fsp3) is 0.556. The summed E-state index contributed by atoms with van der Waals surface area (Å²) < 4.78 is 10.9. The maximum absolute atomic E-state index is 13.6. The lowest BCUT2D eigenvalue weighted by Crippen LogP contribution is -2.77. The van der Waals surface area contributed by atoms with E-state index in [1.54, 1.807) is 25.9 Å². The van der Waals surface area contributed by atoms with Gasteiger partial charge < -0.3 is 29.5 Å². The van der Waals surface area contributed by atoms with E-state index in [4.69, 9.17) is 21.1 Å². The van der Waals surface area contributed by atoms with Crippen molar-refractivity contribution in [2.24, 2.45) is 0 Å². The lowest BCUT2D eigenvalue weighted by molar-refractivity contribution is -0.166. The molecule has 4 saturated heterocycles. The molecule has 1 aromatic carbocycles. The second-order valence-electron chi connectivity index (χ2n) is 7.92. The van der Waals surface area contributed by atoms with Crippen molar-refractivity contribution in [3.05, 3.63) is 16.7 Å². The van der Waals surface area contributed by atoms with E-state index < -0.39 is 33.5 Å². The lowest BCUT2D eigenvalue weighted by Gasteiger charge is -2.58. The molecule has 5 aliphatic rings. The highest BCUT2D eigenvalue weighted by atomic mass is 35.5. The highest BCUT2D eigenvalue weighted by Crippen LogP contribution is 2.69. The van der Waals surface area contributed by atoms with Gasteiger partial charge in [-0.15, -0.1) is 0 Å². The van der Waals surface area contributed by atoms with Crippen LogP contribution in [0.3, 0.4) is 0 Å². The van der Waals surface area contributed by atoms with Gasteiger partial charge in [0.25, 0.3) is 11.8 Å². The molecular weight excluding hydrogens is 454 g/mol. The number of anilines is 1. The summed E-state index contributed by atoms with van der Waals surface area (Å²) in [5.41, 5.74) is -1.25. The molecule has 1 aromatic rings. The number of aliphatic hydroxyl groups is 2. The third kappa shape index (κ3) is 1.81. The average molecular weight is 474 g/mol. The van der Waals surface area contributed by atoms with E-state index in [1.165, 1.54) is 40.9 Å². The van der Waals surface area contributed by atoms with Gasteiger partial charge in [-0.3, -0.25) is 14.5 Å². The number of hydrogen-bond donors (Lipinski definition) is 2. The summed E-state index contributed by atoms with van der Waals surface area (Å²) in [6, 6.07) is 1.50. The number of carbonyl (C=O) groups excluding carboxylic acids is 2. The first-order chi connectivity index (χ1) is 14.0. The van der Waals surface area contributed by atoms with Crippen LogP contribution < -0.4 is 14.4 Å². The second-order valence-corrected chi connectivity index (χ2v) is 11.1. The summed E-state index contributed by atoms with van der Waals surface area (Å²) >= 11 is 6.39. The number of fused-ring (bicyclic) bond motifs is 5. The molecule has 6 rings (SSSR count). The molecule has 12 heteroatoms. The lowest BCUT2D eigenvalue weighted by atomic mass is 9.87. The first-order valence-corrected chi connectivity index (χ1v) is 11.6. The van der Waals surface area contributed by atoms with E-state index >= 15 is 0 Å². The molecule has 5 heterocycles. The Morgan fingerprint density at radius 1 is 1.13 bits per heavy atom. The highest BCUT2D eigenvalue weighted by Gasteiger charge is 2.82. The SMILES string of the molecule is COc1c(Cl)cc2c(c1OC)N(C)[C@H]1N3C(=O)[C@@]4(C)SS[C@@]3(C(=O)N4C)[C@@H](O)[C@@]21O. The van der Waals surface area contributed by atoms with Gasteiger partial charge in [0.1, 0.15) is 12.3 Å². The van der Waals surface area contributed by atoms with E-state index in [0.29, 0.717) is 5.69 Å². The smallest absolute Gasteiger partial charge is 0.264 e. The van der Waals surface area contributed by atoms with Gasteiger partial charge >= 0.3 is 0 Å². The van der Waals surface area contributed by atoms with Gasteiger partial charge in [0, 0.05) is 19.7 Å². The number of amides is 2. The van der Waals surface area contributed by atoms with Crippen molar-refractivity contribution >= 4 is 50.7 Å². The van der Waals surface area contributed by atoms with Crippen molar-refractivity contribution in [2.75, 3.05) is 33.2 Å². The Kier molecular flexibility index (Phi) is 3.96. The monoisotopic (exact) mass is 473 g/mol. The van der Waals surface area contributed by atoms with Gasteiger partial charge in [0.2, 0.25) is 4.87 Å². The molecule has 5 atom stereocenters. The minimum atomic E-state index is -1.97. The van der Waals surface area contributed by atoms with Crippen molar-refractivity contribution in [1.82, 2.24) is 9.80 Å². The van der Waals surface area contributed by atoms with E-state index in [0.717, 1.165) is 10.8 Å². The number of hydrogen-bond acceptors (Lipinski definition) is 9. The molecule has 0 radical (unpaired) electrons. The minimum absolute atomic E-state index is 0.179. The maximum Gasteiger partial charge on any atom is 0.264 e. The number of halogens is 1. The molecule has 0 aromatic heterocycles. The number of aliphatic hydroxyl groups excluding tert-OH is 1. The Labute approximate surface area is 185 Å². The number of carbonyl (C=O) groups is 2. The molecule has 30 heavy (non-hydrogen) atoms. The van der Waals surface area contributed by atoms with Gasteiger partial charge in [-0.1, -0.05) is 22.4 Å². The second kappa shape index (κ2) is 5.83. The van der Waals surface area contributed by atoms with Crippen LogP contribution in [0.25, 0.3) is 0 Å². The highest BCUT2D eigenvalue weighted by molar-refractivity contribution is 8.78. The summed E-state index contributed by atoms with van der Waals surface area (Å²) in [7, 11) is 8.43. The summed E-state index contributed by atoms with van der Waals surface area (Å²) in [4.78, 5) is 28.5. The minimum Gasteiger partial charge on any atom is -0.491 e. The first kappa shape index (κ1) is 20.4. The van der Waals surface area contributed by atoms with Crippen LogP contribution in [0.5, 0.6) is 11.5 Å². The summed E-state index contributed by atoms with van der Waals surface area (Å²) in [6.45, 7) is 1.67. The normalized spacial score (nSPS) is 38.7. The number of methoxy groups -OCH3 is 2. The van der Waals surface area contributed by atoms with Crippen LogP contribution in [-0.4, -0.2) is 82.2 Å². The summed E-state index contributed by atoms with van der Waals surface area (Å²) in [5, 5.41) is 23.6. The van der Waals surface area contributed by atoms with Gasteiger partial charge in [-0.25, -0.2) is 0 Å². The molecule has 162 valence electrons. The Morgan fingerprint density at radius 2 is 1.77 bits per heavy atom. The van der Waals surface area contributed by atoms with E-state index in [2.05, 4.69) is 0 Å². The molecule has 5 aliphatic heterocycles. The Morgan fingerprint density at radius 3 is 2.37 bits per heavy atom. The van der Waals surface area contributed by atoms with Crippen LogP contribution in [0.1, 0.15) is 12.5 Å². The van der Waals surface area contributed by atoms with Gasteiger partial charge in [0.05, 0.1) is 24.9 Å². The number of likely N-dealkylation sites (N-methyl/N-ethyl adjacent to an activating group) is 2. The Balaban J connectivity index is 1.81. The van der Waals surface area contributed by atoms with Crippen molar-refractivity contribution < 1.29 is 29.3 Å².